The second-order valence-electron chi connectivity index (χ2n) is 9.58. The van der Waals surface area contributed by atoms with E-state index in [0.29, 0.717) is 6.54 Å². The first-order chi connectivity index (χ1) is 16.3. The maximum absolute atomic E-state index is 11.1. The van der Waals surface area contributed by atoms with Crippen molar-refractivity contribution in [1.82, 2.24) is 0 Å². The third kappa shape index (κ3) is 20.7. The molecule has 0 bridgehead atoms. The highest BCUT2D eigenvalue weighted by atomic mass is 16.4. The number of quaternary nitrogens is 1. The molecule has 0 unspecified atom stereocenters. The molecule has 0 aromatic carbocycles. The number of carbonyl (C=O) groups excluding carboxylic acids is 1. The van der Waals surface area contributed by atoms with Crippen molar-refractivity contribution < 1.29 is 34.2 Å². The van der Waals surface area contributed by atoms with Crippen LogP contribution in [0, 0.1) is 0 Å². The Balaban J connectivity index is 4.14. The van der Waals surface area contributed by atoms with Crippen molar-refractivity contribution in [2.24, 2.45) is 0 Å². The first kappa shape index (κ1) is 32.1. The number of hydrogen-bond acceptors (Lipinski definition) is 4. The number of aliphatic carboxylic acids is 3. The van der Waals surface area contributed by atoms with Crippen LogP contribution in [0.2, 0.25) is 0 Å². The van der Waals surface area contributed by atoms with Gasteiger partial charge in [-0.25, -0.2) is 0 Å². The monoisotopic (exact) mass is 483 g/mol. The lowest BCUT2D eigenvalue weighted by atomic mass is 10.1. The van der Waals surface area contributed by atoms with Gasteiger partial charge in [0.2, 0.25) is 0 Å². The van der Waals surface area contributed by atoms with Crippen LogP contribution in [-0.4, -0.2) is 58.8 Å². The summed E-state index contributed by atoms with van der Waals surface area (Å²) in [7, 11) is 0. The van der Waals surface area contributed by atoms with Gasteiger partial charge in [0.1, 0.15) is 0 Å². The molecule has 0 spiro atoms. The Morgan fingerprint density at radius 3 is 1.47 bits per heavy atom. The van der Waals surface area contributed by atoms with Crippen LogP contribution in [0.1, 0.15) is 116 Å². The first-order valence-corrected chi connectivity index (χ1v) is 13.4. The zero-order valence-electron chi connectivity index (χ0n) is 21.5. The minimum atomic E-state index is -1.19. The van der Waals surface area contributed by atoms with Crippen LogP contribution < -0.4 is 5.11 Å². The maximum Gasteiger partial charge on any atom is 0.309 e. The third-order valence-electron chi connectivity index (χ3n) is 6.53. The number of unbranched alkanes of at least 4 members (excludes halogenated alkanes) is 12. The molecule has 0 atom stereocenters. The lowest BCUT2D eigenvalue weighted by Crippen LogP contribution is -2.53. The molecule has 7 nitrogen and oxygen atoms in total. The van der Waals surface area contributed by atoms with Gasteiger partial charge in [-0.3, -0.25) is 9.59 Å². The smallest absolute Gasteiger partial charge is 0.309 e. The molecule has 0 amide bonds. The summed E-state index contributed by atoms with van der Waals surface area (Å²) in [4.78, 5) is 33.2. The SMILES string of the molecule is CCCCCCCCCC/C=C/CCCCCC[N+](CCC(=O)[O-])(CCC(=O)O)CCC(=O)O. The number of carbonyl (C=O) groups is 3. The van der Waals surface area contributed by atoms with E-state index in [1.807, 2.05) is 0 Å². The Kier molecular flexibility index (Phi) is 20.4. The second-order valence-corrected chi connectivity index (χ2v) is 9.58. The van der Waals surface area contributed by atoms with E-state index < -0.39 is 17.9 Å². The maximum atomic E-state index is 11.1. The highest BCUT2D eigenvalue weighted by molar-refractivity contribution is 5.67. The van der Waals surface area contributed by atoms with E-state index in [0.717, 1.165) is 38.5 Å². The third-order valence-corrected chi connectivity index (χ3v) is 6.53. The van der Waals surface area contributed by atoms with Crippen molar-refractivity contribution in [3.63, 3.8) is 0 Å². The van der Waals surface area contributed by atoms with Gasteiger partial charge in [-0.1, -0.05) is 70.4 Å². The average Bonchev–Trinajstić information content (AvgIpc) is 2.79. The predicted octanol–water partition coefficient (Wildman–Crippen LogP) is 4.93. The topological polar surface area (TPSA) is 115 Å². The van der Waals surface area contributed by atoms with E-state index in [-0.39, 0.29) is 43.4 Å². The molecule has 0 aromatic heterocycles. The van der Waals surface area contributed by atoms with Crippen LogP contribution in [0.15, 0.2) is 12.2 Å². The highest BCUT2D eigenvalue weighted by Gasteiger charge is 2.28. The van der Waals surface area contributed by atoms with Crippen molar-refractivity contribution in [3.8, 4) is 0 Å². The largest absolute Gasteiger partial charge is 0.550 e. The number of rotatable bonds is 25. The molecular formula is C27H49NO6. The average molecular weight is 484 g/mol. The lowest BCUT2D eigenvalue weighted by molar-refractivity contribution is -0.927. The van der Waals surface area contributed by atoms with E-state index in [9.17, 15) is 19.5 Å². The van der Waals surface area contributed by atoms with Crippen LogP contribution in [0.3, 0.4) is 0 Å². The quantitative estimate of drug-likeness (QED) is 0.108. The number of nitrogens with zero attached hydrogens (tertiary/aromatic N) is 1. The van der Waals surface area contributed by atoms with Crippen LogP contribution in [0.25, 0.3) is 0 Å². The van der Waals surface area contributed by atoms with E-state index in [1.54, 1.807) is 0 Å². The zero-order valence-corrected chi connectivity index (χ0v) is 21.5. The standard InChI is InChI=1S/C27H49NO6/c1-2-3-4-5-6-7-8-9-10-11-12-13-14-15-16-17-21-28(22-18-25(29)30,23-19-26(31)32)24-20-27(33)34/h11-12H,2-10,13-24H2,1H3,(H2-,29,30,31,32,33,34)/b12-11+. The summed E-state index contributed by atoms with van der Waals surface area (Å²) >= 11 is 0. The van der Waals surface area contributed by atoms with Gasteiger partial charge in [-0.15, -0.1) is 0 Å². The van der Waals surface area contributed by atoms with Gasteiger partial charge >= 0.3 is 11.9 Å². The summed E-state index contributed by atoms with van der Waals surface area (Å²) < 4.78 is 0.213. The molecule has 0 saturated carbocycles. The molecule has 0 radical (unpaired) electrons. The van der Waals surface area contributed by atoms with Gasteiger partial charge in [0.25, 0.3) is 0 Å². The fourth-order valence-electron chi connectivity index (χ4n) is 4.36. The Bertz CT molecular complexity index is 530. The van der Waals surface area contributed by atoms with Gasteiger partial charge in [0, 0.05) is 12.4 Å². The van der Waals surface area contributed by atoms with Crippen LogP contribution in [0.5, 0.6) is 0 Å². The normalized spacial score (nSPS) is 11.8. The van der Waals surface area contributed by atoms with E-state index >= 15 is 0 Å². The summed E-state index contributed by atoms with van der Waals surface area (Å²) in [6.07, 6.45) is 21.0. The molecular weight excluding hydrogens is 434 g/mol. The molecule has 0 aromatic rings. The number of carboxylic acids is 3. The zero-order chi connectivity index (χ0) is 25.5. The van der Waals surface area contributed by atoms with Crippen molar-refractivity contribution in [2.75, 3.05) is 26.2 Å². The summed E-state index contributed by atoms with van der Waals surface area (Å²) in [5.74, 6) is -3.10. The summed E-state index contributed by atoms with van der Waals surface area (Å²) in [6.45, 7) is 3.55. The van der Waals surface area contributed by atoms with Gasteiger partial charge in [0.15, 0.2) is 0 Å². The summed E-state index contributed by atoms with van der Waals surface area (Å²) in [5.41, 5.74) is 0. The van der Waals surface area contributed by atoms with E-state index in [2.05, 4.69) is 19.1 Å². The van der Waals surface area contributed by atoms with Crippen molar-refractivity contribution in [1.29, 1.82) is 0 Å². The minimum absolute atomic E-state index is 0.101. The second kappa shape index (κ2) is 21.6. The van der Waals surface area contributed by atoms with Crippen LogP contribution in [-0.2, 0) is 14.4 Å². The van der Waals surface area contributed by atoms with Gasteiger partial charge in [-0.05, 0) is 38.5 Å². The van der Waals surface area contributed by atoms with Gasteiger partial charge < -0.3 is 24.6 Å². The van der Waals surface area contributed by atoms with E-state index in [4.69, 9.17) is 10.2 Å². The van der Waals surface area contributed by atoms with E-state index in [1.165, 1.54) is 51.4 Å². The van der Waals surface area contributed by atoms with Gasteiger partial charge in [-0.2, -0.15) is 0 Å². The molecule has 0 saturated heterocycles. The van der Waals surface area contributed by atoms with Crippen LogP contribution in [0.4, 0.5) is 0 Å². The molecule has 0 heterocycles. The van der Waals surface area contributed by atoms with Crippen molar-refractivity contribution in [3.05, 3.63) is 12.2 Å². The molecule has 0 aliphatic rings. The fraction of sp³-hybridized carbons (Fsp3) is 0.815. The number of allylic oxidation sites excluding steroid dienone is 2. The fourth-order valence-corrected chi connectivity index (χ4v) is 4.36. The minimum Gasteiger partial charge on any atom is -0.550 e. The summed E-state index contributed by atoms with van der Waals surface area (Å²) in [5, 5.41) is 29.2. The van der Waals surface area contributed by atoms with Crippen molar-refractivity contribution in [2.45, 2.75) is 116 Å². The molecule has 0 aliphatic carbocycles. The molecule has 34 heavy (non-hydrogen) atoms. The Morgan fingerprint density at radius 1 is 0.618 bits per heavy atom. The molecule has 0 fully saturated rings. The Labute approximate surface area is 206 Å². The lowest BCUT2D eigenvalue weighted by Gasteiger charge is -2.38. The molecule has 0 rings (SSSR count). The number of carboxylic acid groups (broad SMARTS) is 3. The molecule has 0 aliphatic heterocycles. The molecule has 2 N–H and O–H groups in total. The van der Waals surface area contributed by atoms with Crippen LogP contribution >= 0.6 is 0 Å². The first-order valence-electron chi connectivity index (χ1n) is 13.4. The van der Waals surface area contributed by atoms with Crippen molar-refractivity contribution >= 4 is 17.9 Å². The predicted molar refractivity (Wildman–Crippen MR) is 133 cm³/mol. The highest BCUT2D eigenvalue weighted by Crippen LogP contribution is 2.16. The summed E-state index contributed by atoms with van der Waals surface area (Å²) in [6, 6.07) is 0. The molecule has 198 valence electrons. The van der Waals surface area contributed by atoms with Gasteiger partial charge in [0.05, 0.1) is 39.0 Å². The Morgan fingerprint density at radius 2 is 1.03 bits per heavy atom. The Hall–Kier alpha value is -1.89. The molecule has 7 heteroatoms. The number of hydrogen-bond donors (Lipinski definition) is 2.